The first-order chi connectivity index (χ1) is 8.67. The third-order valence-electron chi connectivity index (χ3n) is 2.43. The van der Waals surface area contributed by atoms with Gasteiger partial charge in [0.05, 0.1) is 22.0 Å². The second-order valence-electron chi connectivity index (χ2n) is 3.53. The second kappa shape index (κ2) is 5.57. The highest BCUT2D eigenvalue weighted by molar-refractivity contribution is 7.16. The number of nitrogens with zero attached hydrogens (tertiary/aromatic N) is 3. The van der Waals surface area contributed by atoms with Crippen molar-refractivity contribution >= 4 is 45.4 Å². The summed E-state index contributed by atoms with van der Waals surface area (Å²) in [6.45, 7) is 0. The van der Waals surface area contributed by atoms with E-state index in [1.165, 1.54) is 11.3 Å². The van der Waals surface area contributed by atoms with Crippen LogP contribution in [-0.2, 0) is 5.88 Å². The molecule has 18 heavy (non-hydrogen) atoms. The smallest absolute Gasteiger partial charge is 0.191 e. The topological polar surface area (TPSA) is 39.9 Å². The number of thiazole rings is 1. The van der Waals surface area contributed by atoms with Crippen LogP contribution in [0.2, 0.25) is 5.15 Å². The van der Waals surface area contributed by atoms with Crippen LogP contribution < -0.4 is 4.90 Å². The van der Waals surface area contributed by atoms with Crippen LogP contribution in [0.4, 0.5) is 10.8 Å². The number of hydrogen-bond donors (Lipinski definition) is 0. The number of alkyl halides is 1. The largest absolute Gasteiger partial charge is 0.320 e. The molecule has 0 N–H and O–H groups in total. The summed E-state index contributed by atoms with van der Waals surface area (Å²) in [5, 5.41) is 10.2. The molecular formula is C12H9Cl2N3S. The predicted molar refractivity (Wildman–Crippen MR) is 75.9 cm³/mol. The van der Waals surface area contributed by atoms with Gasteiger partial charge in [-0.2, -0.15) is 5.26 Å². The van der Waals surface area contributed by atoms with Crippen molar-refractivity contribution in [2.75, 3.05) is 11.9 Å². The molecule has 0 spiro atoms. The maximum absolute atomic E-state index is 9.08. The Labute approximate surface area is 119 Å². The Kier molecular flexibility index (Phi) is 4.07. The minimum absolute atomic E-state index is 0.338. The lowest BCUT2D eigenvalue weighted by Gasteiger charge is -2.16. The summed E-state index contributed by atoms with van der Waals surface area (Å²) in [5.41, 5.74) is 1.39. The standard InChI is InChI=1S/C12H9Cl2N3S/c1-17(9-5-3-2-4-8(9)7-15)12-16-11(14)10(6-13)18-12/h2-5H,6H2,1H3. The number of benzene rings is 1. The SMILES string of the molecule is CN(c1nc(Cl)c(CCl)s1)c1ccccc1C#N. The van der Waals surface area contributed by atoms with Crippen molar-refractivity contribution in [2.45, 2.75) is 5.88 Å². The van der Waals surface area contributed by atoms with Gasteiger partial charge >= 0.3 is 0 Å². The van der Waals surface area contributed by atoms with Crippen molar-refractivity contribution in [1.82, 2.24) is 4.98 Å². The molecule has 0 aliphatic heterocycles. The Balaban J connectivity index is 2.41. The lowest BCUT2D eigenvalue weighted by molar-refractivity contribution is 1.16. The second-order valence-corrected chi connectivity index (χ2v) is 5.22. The predicted octanol–water partition coefficient (Wildman–Crippen LogP) is 4.17. The Bertz CT molecular complexity index is 604. The molecule has 1 heterocycles. The molecule has 0 aliphatic carbocycles. The number of nitriles is 1. The molecule has 3 nitrogen and oxygen atoms in total. The summed E-state index contributed by atoms with van der Waals surface area (Å²) >= 11 is 13.2. The van der Waals surface area contributed by atoms with Crippen molar-refractivity contribution in [3.05, 3.63) is 39.9 Å². The van der Waals surface area contributed by atoms with Gasteiger partial charge in [0, 0.05) is 7.05 Å². The van der Waals surface area contributed by atoms with Crippen LogP contribution in [0.25, 0.3) is 0 Å². The Morgan fingerprint density at radius 1 is 1.44 bits per heavy atom. The zero-order valence-electron chi connectivity index (χ0n) is 9.52. The van der Waals surface area contributed by atoms with Gasteiger partial charge in [0.2, 0.25) is 0 Å². The average Bonchev–Trinajstić information content (AvgIpc) is 2.79. The maximum atomic E-state index is 9.08. The van der Waals surface area contributed by atoms with E-state index in [9.17, 15) is 0 Å². The van der Waals surface area contributed by atoms with Gasteiger partial charge in [-0.1, -0.05) is 35.1 Å². The third kappa shape index (κ3) is 2.44. The van der Waals surface area contributed by atoms with E-state index in [2.05, 4.69) is 11.1 Å². The van der Waals surface area contributed by atoms with E-state index in [4.69, 9.17) is 28.5 Å². The molecular weight excluding hydrogens is 289 g/mol. The van der Waals surface area contributed by atoms with Crippen LogP contribution in [0.1, 0.15) is 10.4 Å². The first-order valence-corrected chi connectivity index (χ1v) is 6.84. The minimum Gasteiger partial charge on any atom is -0.320 e. The highest BCUT2D eigenvalue weighted by Gasteiger charge is 2.15. The van der Waals surface area contributed by atoms with Crippen molar-refractivity contribution < 1.29 is 0 Å². The van der Waals surface area contributed by atoms with Gasteiger partial charge in [-0.3, -0.25) is 0 Å². The van der Waals surface area contributed by atoms with E-state index in [-0.39, 0.29) is 0 Å². The van der Waals surface area contributed by atoms with E-state index in [0.717, 1.165) is 15.7 Å². The molecule has 0 fully saturated rings. The molecule has 0 saturated carbocycles. The van der Waals surface area contributed by atoms with Gasteiger partial charge in [-0.25, -0.2) is 4.98 Å². The number of rotatable bonds is 3. The van der Waals surface area contributed by atoms with Crippen LogP contribution >= 0.6 is 34.5 Å². The van der Waals surface area contributed by atoms with Crippen molar-refractivity contribution in [1.29, 1.82) is 5.26 Å². The quantitative estimate of drug-likeness (QED) is 0.798. The summed E-state index contributed by atoms with van der Waals surface area (Å²) in [7, 11) is 1.85. The number of aromatic nitrogens is 1. The van der Waals surface area contributed by atoms with Gasteiger partial charge in [0.25, 0.3) is 0 Å². The number of anilines is 2. The van der Waals surface area contributed by atoms with Crippen LogP contribution in [0, 0.1) is 11.3 Å². The summed E-state index contributed by atoms with van der Waals surface area (Å²) in [5.74, 6) is 0.338. The van der Waals surface area contributed by atoms with Crippen molar-refractivity contribution in [3.8, 4) is 6.07 Å². The van der Waals surface area contributed by atoms with Gasteiger partial charge in [0.15, 0.2) is 5.13 Å². The van der Waals surface area contributed by atoms with E-state index in [0.29, 0.717) is 16.6 Å². The Hall–Kier alpha value is -1.28. The van der Waals surface area contributed by atoms with E-state index in [1.54, 1.807) is 6.07 Å². The molecule has 0 saturated heterocycles. The highest BCUT2D eigenvalue weighted by atomic mass is 35.5. The van der Waals surface area contributed by atoms with Crippen LogP contribution in [0.5, 0.6) is 0 Å². The summed E-state index contributed by atoms with van der Waals surface area (Å²) in [6, 6.07) is 9.50. The fourth-order valence-corrected chi connectivity index (χ4v) is 2.96. The third-order valence-corrected chi connectivity index (χ3v) is 4.41. The molecule has 92 valence electrons. The minimum atomic E-state index is 0.338. The van der Waals surface area contributed by atoms with Crippen molar-refractivity contribution in [2.24, 2.45) is 0 Å². The van der Waals surface area contributed by atoms with Crippen LogP contribution in [0.3, 0.4) is 0 Å². The lowest BCUT2D eigenvalue weighted by Crippen LogP contribution is -2.10. The van der Waals surface area contributed by atoms with E-state index < -0.39 is 0 Å². The number of para-hydroxylation sites is 1. The molecule has 0 unspecified atom stereocenters. The molecule has 1 aromatic heterocycles. The van der Waals surface area contributed by atoms with Gasteiger partial charge in [-0.15, -0.1) is 11.6 Å². The van der Waals surface area contributed by atoms with Gasteiger partial charge < -0.3 is 4.90 Å². The average molecular weight is 298 g/mol. The molecule has 0 radical (unpaired) electrons. The van der Waals surface area contributed by atoms with Gasteiger partial charge in [-0.05, 0) is 12.1 Å². The monoisotopic (exact) mass is 297 g/mol. The molecule has 2 rings (SSSR count). The van der Waals surface area contributed by atoms with E-state index >= 15 is 0 Å². The lowest BCUT2D eigenvalue weighted by atomic mass is 10.2. The highest BCUT2D eigenvalue weighted by Crippen LogP contribution is 2.34. The molecule has 0 amide bonds. The zero-order chi connectivity index (χ0) is 13.1. The molecule has 2 aromatic rings. The normalized spacial score (nSPS) is 10.1. The molecule has 0 atom stereocenters. The Morgan fingerprint density at radius 2 is 2.17 bits per heavy atom. The van der Waals surface area contributed by atoms with Gasteiger partial charge in [0.1, 0.15) is 11.2 Å². The summed E-state index contributed by atoms with van der Waals surface area (Å²) in [6.07, 6.45) is 0. The zero-order valence-corrected chi connectivity index (χ0v) is 11.9. The summed E-state index contributed by atoms with van der Waals surface area (Å²) in [4.78, 5) is 6.92. The van der Waals surface area contributed by atoms with E-state index in [1.807, 2.05) is 30.1 Å². The van der Waals surface area contributed by atoms with Crippen molar-refractivity contribution in [3.63, 3.8) is 0 Å². The molecule has 1 aromatic carbocycles. The molecule has 0 aliphatic rings. The fourth-order valence-electron chi connectivity index (χ4n) is 1.51. The first kappa shape index (κ1) is 13.2. The number of hydrogen-bond acceptors (Lipinski definition) is 4. The molecule has 6 heteroatoms. The van der Waals surface area contributed by atoms with Crippen LogP contribution in [0.15, 0.2) is 24.3 Å². The Morgan fingerprint density at radius 3 is 2.78 bits per heavy atom. The summed E-state index contributed by atoms with van der Waals surface area (Å²) < 4.78 is 0. The first-order valence-electron chi connectivity index (χ1n) is 5.11. The number of halogens is 2. The fraction of sp³-hybridized carbons (Fsp3) is 0.167. The maximum Gasteiger partial charge on any atom is 0.191 e. The van der Waals surface area contributed by atoms with Crippen LogP contribution in [-0.4, -0.2) is 12.0 Å². The molecule has 0 bridgehead atoms.